The molecule has 7 heteroatoms. The normalized spacial score (nSPS) is 11.7. The van der Waals surface area contributed by atoms with Crippen LogP contribution < -0.4 is 10.6 Å². The van der Waals surface area contributed by atoms with E-state index >= 15 is 0 Å². The van der Waals surface area contributed by atoms with Crippen LogP contribution in [0.5, 0.6) is 0 Å². The van der Waals surface area contributed by atoms with Gasteiger partial charge in [-0.3, -0.25) is 9.59 Å². The van der Waals surface area contributed by atoms with Gasteiger partial charge >= 0.3 is 17.8 Å². The summed E-state index contributed by atoms with van der Waals surface area (Å²) in [6.45, 7) is 3.73. The van der Waals surface area contributed by atoms with Crippen LogP contribution in [0.4, 0.5) is 10.1 Å². The van der Waals surface area contributed by atoms with Crippen molar-refractivity contribution in [2.75, 3.05) is 12.4 Å². The molecule has 22 heavy (non-hydrogen) atoms. The van der Waals surface area contributed by atoms with Crippen molar-refractivity contribution in [2.24, 2.45) is 5.92 Å². The molecule has 0 aliphatic rings. The average Bonchev–Trinajstić information content (AvgIpc) is 2.47. The first-order chi connectivity index (χ1) is 10.3. The summed E-state index contributed by atoms with van der Waals surface area (Å²) in [5.74, 6) is -3.27. The van der Waals surface area contributed by atoms with Crippen LogP contribution >= 0.6 is 0 Å². The molecule has 1 aromatic rings. The predicted molar refractivity (Wildman–Crippen MR) is 78.4 cm³/mol. The smallest absolute Gasteiger partial charge is 0.328 e. The summed E-state index contributed by atoms with van der Waals surface area (Å²) in [6, 6.07) is 4.53. The monoisotopic (exact) mass is 310 g/mol. The molecule has 1 aromatic carbocycles. The van der Waals surface area contributed by atoms with Gasteiger partial charge in [0.2, 0.25) is 0 Å². The second-order valence-electron chi connectivity index (χ2n) is 5.11. The maximum Gasteiger partial charge on any atom is 0.328 e. The average molecular weight is 310 g/mol. The van der Waals surface area contributed by atoms with Crippen LogP contribution in [-0.4, -0.2) is 30.9 Å². The van der Waals surface area contributed by atoms with Gasteiger partial charge in [-0.25, -0.2) is 9.18 Å². The molecule has 1 rings (SSSR count). The highest BCUT2D eigenvalue weighted by molar-refractivity contribution is 6.40. The van der Waals surface area contributed by atoms with E-state index in [1.165, 1.54) is 25.3 Å². The Hall–Kier alpha value is -2.44. The Labute approximate surface area is 128 Å². The third-order valence-electron chi connectivity index (χ3n) is 2.83. The summed E-state index contributed by atoms with van der Waals surface area (Å²) in [6.07, 6.45) is 0.325. The largest absolute Gasteiger partial charge is 0.467 e. The number of carbonyl (C=O) groups is 3. The third-order valence-corrected chi connectivity index (χ3v) is 2.83. The number of para-hydroxylation sites is 1. The van der Waals surface area contributed by atoms with Gasteiger partial charge in [0, 0.05) is 0 Å². The van der Waals surface area contributed by atoms with E-state index in [4.69, 9.17) is 0 Å². The zero-order valence-corrected chi connectivity index (χ0v) is 12.7. The van der Waals surface area contributed by atoms with Crippen molar-refractivity contribution in [3.8, 4) is 0 Å². The van der Waals surface area contributed by atoms with Gasteiger partial charge in [-0.1, -0.05) is 26.0 Å². The molecule has 0 aromatic heterocycles. The Kier molecular flexibility index (Phi) is 6.49. The number of ether oxygens (including phenoxy) is 1. The van der Waals surface area contributed by atoms with Crippen LogP contribution in [0.1, 0.15) is 20.3 Å². The Morgan fingerprint density at radius 3 is 2.36 bits per heavy atom. The third kappa shape index (κ3) is 5.16. The van der Waals surface area contributed by atoms with Crippen LogP contribution in [0, 0.1) is 11.7 Å². The van der Waals surface area contributed by atoms with Gasteiger partial charge in [-0.05, 0) is 24.5 Å². The number of hydrogen-bond donors (Lipinski definition) is 2. The van der Waals surface area contributed by atoms with Gasteiger partial charge in [0.1, 0.15) is 11.9 Å². The first-order valence-electron chi connectivity index (χ1n) is 6.79. The molecule has 0 heterocycles. The number of methoxy groups -OCH3 is 1. The first-order valence-corrected chi connectivity index (χ1v) is 6.79. The Bertz CT molecular complexity index is 560. The van der Waals surface area contributed by atoms with Gasteiger partial charge < -0.3 is 15.4 Å². The number of anilines is 1. The molecule has 0 radical (unpaired) electrons. The number of rotatable bonds is 5. The van der Waals surface area contributed by atoms with Crippen LogP contribution in [0.3, 0.4) is 0 Å². The molecule has 1 atom stereocenters. The summed E-state index contributed by atoms with van der Waals surface area (Å²) in [5.41, 5.74) is -0.110. The lowest BCUT2D eigenvalue weighted by Crippen LogP contribution is -2.46. The molecule has 0 aliphatic heterocycles. The number of hydrogen-bond acceptors (Lipinski definition) is 4. The maximum atomic E-state index is 13.4. The molecule has 0 bridgehead atoms. The summed E-state index contributed by atoms with van der Waals surface area (Å²) in [7, 11) is 1.20. The fraction of sp³-hybridized carbons (Fsp3) is 0.400. The van der Waals surface area contributed by atoms with E-state index in [1.54, 1.807) is 0 Å². The van der Waals surface area contributed by atoms with Crippen molar-refractivity contribution in [3.63, 3.8) is 0 Å². The lowest BCUT2D eigenvalue weighted by Gasteiger charge is -2.18. The quantitative estimate of drug-likeness (QED) is 0.637. The topological polar surface area (TPSA) is 84.5 Å². The fourth-order valence-electron chi connectivity index (χ4n) is 1.79. The van der Waals surface area contributed by atoms with Crippen molar-refractivity contribution >= 4 is 23.5 Å². The van der Waals surface area contributed by atoms with Crippen molar-refractivity contribution in [2.45, 2.75) is 26.3 Å². The minimum absolute atomic E-state index is 0.110. The van der Waals surface area contributed by atoms with E-state index in [2.05, 4.69) is 15.4 Å². The van der Waals surface area contributed by atoms with E-state index in [-0.39, 0.29) is 11.6 Å². The molecule has 0 fully saturated rings. The van der Waals surface area contributed by atoms with Crippen LogP contribution in [0.2, 0.25) is 0 Å². The molecular weight excluding hydrogens is 291 g/mol. The highest BCUT2D eigenvalue weighted by Gasteiger charge is 2.26. The van der Waals surface area contributed by atoms with E-state index in [9.17, 15) is 18.8 Å². The number of halogens is 1. The highest BCUT2D eigenvalue weighted by Crippen LogP contribution is 2.12. The van der Waals surface area contributed by atoms with Crippen molar-refractivity contribution in [1.29, 1.82) is 0 Å². The lowest BCUT2D eigenvalue weighted by atomic mass is 10.0. The van der Waals surface area contributed by atoms with Gasteiger partial charge in [0.25, 0.3) is 0 Å². The number of benzene rings is 1. The zero-order chi connectivity index (χ0) is 16.7. The van der Waals surface area contributed by atoms with Crippen molar-refractivity contribution < 1.29 is 23.5 Å². The van der Waals surface area contributed by atoms with E-state index < -0.39 is 29.6 Å². The second kappa shape index (κ2) is 8.11. The summed E-state index contributed by atoms with van der Waals surface area (Å²) < 4.78 is 18.0. The van der Waals surface area contributed by atoms with Crippen molar-refractivity contribution in [3.05, 3.63) is 30.1 Å². The molecule has 0 spiro atoms. The molecule has 0 aliphatic carbocycles. The van der Waals surface area contributed by atoms with Gasteiger partial charge in [-0.15, -0.1) is 0 Å². The first kappa shape index (κ1) is 17.6. The van der Waals surface area contributed by atoms with E-state index in [0.29, 0.717) is 6.42 Å². The highest BCUT2D eigenvalue weighted by atomic mass is 19.1. The predicted octanol–water partition coefficient (Wildman–Crippen LogP) is 1.47. The van der Waals surface area contributed by atoms with E-state index in [0.717, 1.165) is 6.07 Å². The number of esters is 1. The molecule has 0 saturated carbocycles. The maximum absolute atomic E-state index is 13.4. The van der Waals surface area contributed by atoms with E-state index in [1.807, 2.05) is 13.8 Å². The minimum Gasteiger partial charge on any atom is -0.467 e. The Balaban J connectivity index is 2.71. The zero-order valence-electron chi connectivity index (χ0n) is 12.7. The standard InChI is InChI=1S/C15H19FN2O4/c1-9(2)8-12(15(21)22-3)18-14(20)13(19)17-11-7-5-4-6-10(11)16/h4-7,9,12H,8H2,1-3H3,(H,17,19)(H,18,20). The summed E-state index contributed by atoms with van der Waals surface area (Å²) in [5, 5.41) is 4.44. The molecule has 2 N–H and O–H groups in total. The summed E-state index contributed by atoms with van der Waals surface area (Å²) >= 11 is 0. The lowest BCUT2D eigenvalue weighted by molar-refractivity contribution is -0.146. The van der Waals surface area contributed by atoms with Crippen molar-refractivity contribution in [1.82, 2.24) is 5.32 Å². The number of carbonyl (C=O) groups excluding carboxylic acids is 3. The van der Waals surface area contributed by atoms with Crippen LogP contribution in [0.25, 0.3) is 0 Å². The van der Waals surface area contributed by atoms with Gasteiger partial charge in [0.15, 0.2) is 0 Å². The molecule has 0 saturated heterocycles. The fourth-order valence-corrected chi connectivity index (χ4v) is 1.79. The molecule has 6 nitrogen and oxygen atoms in total. The summed E-state index contributed by atoms with van der Waals surface area (Å²) in [4.78, 5) is 35.2. The number of amides is 2. The van der Waals surface area contributed by atoms with Crippen LogP contribution in [-0.2, 0) is 19.1 Å². The SMILES string of the molecule is COC(=O)C(CC(C)C)NC(=O)C(=O)Nc1ccccc1F. The molecule has 1 unspecified atom stereocenters. The molecule has 120 valence electrons. The minimum atomic E-state index is -1.05. The molecule has 2 amide bonds. The number of nitrogens with one attached hydrogen (secondary N) is 2. The van der Waals surface area contributed by atoms with Gasteiger partial charge in [-0.2, -0.15) is 0 Å². The second-order valence-corrected chi connectivity index (χ2v) is 5.11. The Morgan fingerprint density at radius 2 is 1.82 bits per heavy atom. The molecular formula is C15H19FN2O4. The van der Waals surface area contributed by atoms with Crippen LogP contribution in [0.15, 0.2) is 24.3 Å². The Morgan fingerprint density at radius 1 is 1.18 bits per heavy atom. The van der Waals surface area contributed by atoms with Gasteiger partial charge in [0.05, 0.1) is 12.8 Å².